The van der Waals surface area contributed by atoms with Crippen molar-refractivity contribution in [2.45, 2.75) is 114 Å². The summed E-state index contributed by atoms with van der Waals surface area (Å²) in [4.78, 5) is 0. The van der Waals surface area contributed by atoms with Gasteiger partial charge in [0.25, 0.3) is 0 Å². The van der Waals surface area contributed by atoms with Crippen molar-refractivity contribution in [2.24, 2.45) is 23.7 Å². The average Bonchev–Trinajstić information content (AvgIpc) is 3.20. The molecule has 0 aliphatic heterocycles. The Bertz CT molecular complexity index is 371. The predicted molar refractivity (Wildman–Crippen MR) is 104 cm³/mol. The summed E-state index contributed by atoms with van der Waals surface area (Å²) in [5, 5.41) is 0. The predicted octanol–water partition coefficient (Wildman–Crippen LogP) is 7.42. The van der Waals surface area contributed by atoms with Crippen LogP contribution >= 0.6 is 0 Å². The molecule has 23 heavy (non-hydrogen) atoms. The first-order valence-electron chi connectivity index (χ1n) is 11.2. The van der Waals surface area contributed by atoms with E-state index in [2.05, 4.69) is 13.5 Å². The summed E-state index contributed by atoms with van der Waals surface area (Å²) in [6.45, 7) is 5.41. The molecule has 0 amide bonds. The van der Waals surface area contributed by atoms with Gasteiger partial charge in [0.2, 0.25) is 0 Å². The van der Waals surface area contributed by atoms with Crippen LogP contribution in [0.2, 0.25) is 23.7 Å². The maximum Gasteiger partial charge on any atom is 0.0572 e. The molecule has 0 heterocycles. The zero-order chi connectivity index (χ0) is 15.9. The van der Waals surface area contributed by atoms with Crippen LogP contribution in [0.25, 0.3) is 0 Å². The molecule has 4 rings (SSSR count). The van der Waals surface area contributed by atoms with E-state index in [9.17, 15) is 0 Å². The van der Waals surface area contributed by atoms with Crippen LogP contribution in [0.15, 0.2) is 0 Å². The number of fused-ring (bicyclic) bond motifs is 2. The van der Waals surface area contributed by atoms with E-state index in [0.29, 0.717) is 0 Å². The topological polar surface area (TPSA) is 0 Å². The van der Waals surface area contributed by atoms with Crippen LogP contribution in [0.1, 0.15) is 90.4 Å². The van der Waals surface area contributed by atoms with Crippen LogP contribution in [0.3, 0.4) is 0 Å². The van der Waals surface area contributed by atoms with Crippen LogP contribution < -0.4 is 0 Å². The highest BCUT2D eigenvalue weighted by molar-refractivity contribution is 6.81. The van der Waals surface area contributed by atoms with Gasteiger partial charge in [0.1, 0.15) is 0 Å². The zero-order valence-electron chi connectivity index (χ0n) is 15.9. The Kier molecular flexibility index (Phi) is 4.96. The summed E-state index contributed by atoms with van der Waals surface area (Å²) in [5.41, 5.74) is 2.44. The Hall–Kier alpha value is 0.217. The molecular formula is C22H40Si. The first-order chi connectivity index (χ1) is 11.2. The molecule has 0 saturated heterocycles. The molecule has 4 fully saturated rings. The lowest BCUT2D eigenvalue weighted by Gasteiger charge is -2.47. The van der Waals surface area contributed by atoms with E-state index < -0.39 is 8.07 Å². The fraction of sp³-hybridized carbons (Fsp3) is 1.00. The number of hydrogen-bond acceptors (Lipinski definition) is 0. The van der Waals surface area contributed by atoms with Gasteiger partial charge in [0.05, 0.1) is 8.07 Å². The van der Waals surface area contributed by atoms with Crippen molar-refractivity contribution in [1.29, 1.82) is 0 Å². The fourth-order valence-corrected chi connectivity index (χ4v) is 15.1. The Morgan fingerprint density at radius 3 is 1.61 bits per heavy atom. The van der Waals surface area contributed by atoms with Crippen LogP contribution in [0, 0.1) is 23.7 Å². The monoisotopic (exact) mass is 332 g/mol. The SMILES string of the molecule is CCC[Si](C)(C1CCC2CCCCC21)C1CCC2CCCCC21. The van der Waals surface area contributed by atoms with E-state index in [1.54, 1.807) is 83.1 Å². The van der Waals surface area contributed by atoms with Gasteiger partial charge >= 0.3 is 0 Å². The van der Waals surface area contributed by atoms with Crippen molar-refractivity contribution in [2.75, 3.05) is 0 Å². The lowest BCUT2D eigenvalue weighted by molar-refractivity contribution is 0.262. The molecule has 4 saturated carbocycles. The molecule has 6 unspecified atom stereocenters. The Morgan fingerprint density at radius 2 is 1.13 bits per heavy atom. The summed E-state index contributed by atoms with van der Waals surface area (Å²) in [7, 11) is -1.10. The molecule has 6 atom stereocenters. The van der Waals surface area contributed by atoms with E-state index in [4.69, 9.17) is 0 Å². The average molecular weight is 333 g/mol. The fourth-order valence-electron chi connectivity index (χ4n) is 8.29. The molecule has 0 nitrogen and oxygen atoms in total. The Morgan fingerprint density at radius 1 is 0.652 bits per heavy atom. The third-order valence-corrected chi connectivity index (χ3v) is 15.5. The minimum absolute atomic E-state index is 1.10. The van der Waals surface area contributed by atoms with E-state index >= 15 is 0 Å². The van der Waals surface area contributed by atoms with E-state index in [1.165, 1.54) is 29.3 Å². The minimum Gasteiger partial charge on any atom is -0.0687 e. The highest BCUT2D eigenvalue weighted by atomic mass is 28.3. The van der Waals surface area contributed by atoms with Crippen LogP contribution in [0.5, 0.6) is 0 Å². The summed E-state index contributed by atoms with van der Waals surface area (Å²) >= 11 is 0. The van der Waals surface area contributed by atoms with Crippen molar-refractivity contribution < 1.29 is 0 Å². The van der Waals surface area contributed by atoms with Crippen molar-refractivity contribution in [1.82, 2.24) is 0 Å². The molecule has 0 radical (unpaired) electrons. The van der Waals surface area contributed by atoms with Crippen molar-refractivity contribution in [3.05, 3.63) is 0 Å². The summed E-state index contributed by atoms with van der Waals surface area (Å²) in [6.07, 6.45) is 20.6. The standard InChI is InChI=1S/C22H40Si/c1-3-16-23(2,21-14-12-17-8-4-6-10-19(17)21)22-15-13-18-9-5-7-11-20(18)22/h17-22H,3-16H2,1-2H3. The number of hydrogen-bond donors (Lipinski definition) is 0. The van der Waals surface area contributed by atoms with Gasteiger partial charge in [-0.05, 0) is 34.8 Å². The molecule has 0 bridgehead atoms. The molecule has 4 aliphatic rings. The Balaban J connectivity index is 1.58. The van der Waals surface area contributed by atoms with Gasteiger partial charge in [0, 0.05) is 0 Å². The molecule has 0 aromatic heterocycles. The second-order valence-electron chi connectivity index (χ2n) is 10.0. The summed E-state index contributed by atoms with van der Waals surface area (Å²) in [5.74, 6) is 4.66. The normalized spacial score (nSPS) is 46.2. The third-order valence-electron chi connectivity index (χ3n) is 9.15. The largest absolute Gasteiger partial charge is 0.0687 e. The number of rotatable bonds is 4. The highest BCUT2D eigenvalue weighted by Gasteiger charge is 2.54. The van der Waals surface area contributed by atoms with Crippen LogP contribution in [0.4, 0.5) is 0 Å². The smallest absolute Gasteiger partial charge is 0.0572 e. The Labute approximate surface area is 146 Å². The molecule has 0 N–H and O–H groups in total. The quantitative estimate of drug-likeness (QED) is 0.470. The molecule has 0 aromatic rings. The molecular weight excluding hydrogens is 292 g/mol. The second-order valence-corrected chi connectivity index (χ2v) is 15.0. The van der Waals surface area contributed by atoms with Crippen molar-refractivity contribution >= 4 is 8.07 Å². The molecule has 132 valence electrons. The third kappa shape index (κ3) is 2.87. The summed E-state index contributed by atoms with van der Waals surface area (Å²) in [6, 6.07) is 1.66. The van der Waals surface area contributed by atoms with Crippen LogP contribution in [-0.2, 0) is 0 Å². The van der Waals surface area contributed by atoms with E-state index in [1.807, 2.05) is 0 Å². The van der Waals surface area contributed by atoms with Gasteiger partial charge in [-0.3, -0.25) is 0 Å². The van der Waals surface area contributed by atoms with E-state index in [-0.39, 0.29) is 0 Å². The van der Waals surface area contributed by atoms with Crippen molar-refractivity contribution in [3.63, 3.8) is 0 Å². The lowest BCUT2D eigenvalue weighted by Crippen LogP contribution is -2.46. The molecule has 4 aliphatic carbocycles. The van der Waals surface area contributed by atoms with Gasteiger partial charge in [-0.15, -0.1) is 0 Å². The molecule has 0 spiro atoms. The minimum atomic E-state index is -1.10. The van der Waals surface area contributed by atoms with Gasteiger partial charge in [-0.25, -0.2) is 0 Å². The van der Waals surface area contributed by atoms with Crippen LogP contribution in [-0.4, -0.2) is 8.07 Å². The van der Waals surface area contributed by atoms with Crippen molar-refractivity contribution in [3.8, 4) is 0 Å². The first-order valence-corrected chi connectivity index (χ1v) is 14.1. The van der Waals surface area contributed by atoms with Gasteiger partial charge in [-0.2, -0.15) is 0 Å². The second kappa shape index (κ2) is 6.85. The zero-order valence-corrected chi connectivity index (χ0v) is 16.9. The maximum absolute atomic E-state index is 2.92. The first kappa shape index (κ1) is 16.7. The van der Waals surface area contributed by atoms with Gasteiger partial charge < -0.3 is 0 Å². The van der Waals surface area contributed by atoms with E-state index in [0.717, 1.165) is 11.8 Å². The summed E-state index contributed by atoms with van der Waals surface area (Å²) < 4.78 is 0. The van der Waals surface area contributed by atoms with Gasteiger partial charge in [0.15, 0.2) is 0 Å². The lowest BCUT2D eigenvalue weighted by atomic mass is 9.81. The molecule has 0 aromatic carbocycles. The maximum atomic E-state index is 2.92. The van der Waals surface area contributed by atoms with Gasteiger partial charge in [-0.1, -0.05) is 103 Å². The molecule has 1 heteroatoms. The highest BCUT2D eigenvalue weighted by Crippen LogP contribution is 2.62.